The van der Waals surface area contributed by atoms with Crippen LogP contribution in [0.2, 0.25) is 10.0 Å². The van der Waals surface area contributed by atoms with E-state index in [0.29, 0.717) is 39.0 Å². The van der Waals surface area contributed by atoms with Crippen molar-refractivity contribution in [3.8, 4) is 17.2 Å². The zero-order valence-corrected chi connectivity index (χ0v) is 17.1. The minimum atomic E-state index is -0.325. The van der Waals surface area contributed by atoms with Crippen LogP contribution in [-0.2, 0) is 0 Å². The lowest BCUT2D eigenvalue weighted by atomic mass is 10.1. The molecule has 29 heavy (non-hydrogen) atoms. The quantitative estimate of drug-likeness (QED) is 0.411. The number of fused-ring (bicyclic) bond motifs is 1. The molecule has 0 bridgehead atoms. The number of methoxy groups -OCH3 is 1. The van der Waals surface area contributed by atoms with Crippen LogP contribution in [0.15, 0.2) is 59.0 Å². The van der Waals surface area contributed by atoms with E-state index in [1.807, 2.05) is 43.3 Å². The van der Waals surface area contributed by atoms with Crippen molar-refractivity contribution in [3.63, 3.8) is 0 Å². The van der Waals surface area contributed by atoms with Crippen molar-refractivity contribution in [2.45, 2.75) is 6.92 Å². The number of benzene rings is 3. The minimum absolute atomic E-state index is 0.289. The van der Waals surface area contributed by atoms with E-state index in [0.717, 1.165) is 11.1 Å². The number of ether oxygens (including phenoxy) is 1. The van der Waals surface area contributed by atoms with E-state index in [1.54, 1.807) is 19.2 Å². The van der Waals surface area contributed by atoms with Gasteiger partial charge in [-0.25, -0.2) is 4.98 Å². The van der Waals surface area contributed by atoms with Gasteiger partial charge in [0, 0.05) is 22.3 Å². The summed E-state index contributed by atoms with van der Waals surface area (Å²) < 4.78 is 11.1. The zero-order chi connectivity index (χ0) is 20.5. The molecule has 0 aliphatic heterocycles. The fraction of sp³-hybridized carbons (Fsp3) is 0.0909. The molecule has 0 unspecified atom stereocenters. The molecule has 3 aromatic carbocycles. The Hall–Kier alpha value is -3.02. The molecule has 4 rings (SSSR count). The second-order valence-corrected chi connectivity index (χ2v) is 7.30. The van der Waals surface area contributed by atoms with Gasteiger partial charge in [-0.1, -0.05) is 29.3 Å². The number of amides is 1. The van der Waals surface area contributed by atoms with E-state index in [-0.39, 0.29) is 10.9 Å². The molecule has 1 aromatic heterocycles. The molecule has 0 aliphatic rings. The highest BCUT2D eigenvalue weighted by atomic mass is 35.5. The Bertz CT molecular complexity index is 1230. The minimum Gasteiger partial charge on any atom is -0.497 e. The summed E-state index contributed by atoms with van der Waals surface area (Å²) in [6, 6.07) is 15.8. The maximum atomic E-state index is 12.7. The summed E-state index contributed by atoms with van der Waals surface area (Å²) >= 11 is 12.1. The SMILES string of the molecule is COc1ccc2oc(-c3ccc(C)c(NC(=O)c4ccc(Cl)cc4Cl)c3)nc2c1. The molecular formula is C22H16Cl2N2O3. The van der Waals surface area contributed by atoms with Crippen molar-refractivity contribution in [2.24, 2.45) is 0 Å². The van der Waals surface area contributed by atoms with E-state index < -0.39 is 0 Å². The summed E-state index contributed by atoms with van der Waals surface area (Å²) in [6.07, 6.45) is 0. The van der Waals surface area contributed by atoms with Crippen LogP contribution in [-0.4, -0.2) is 18.0 Å². The second kappa shape index (κ2) is 7.78. The number of anilines is 1. The van der Waals surface area contributed by atoms with E-state index in [4.69, 9.17) is 32.4 Å². The molecular weight excluding hydrogens is 411 g/mol. The van der Waals surface area contributed by atoms with Crippen LogP contribution in [0.25, 0.3) is 22.6 Å². The Labute approximate surface area is 177 Å². The average Bonchev–Trinajstić information content (AvgIpc) is 3.12. The van der Waals surface area contributed by atoms with Gasteiger partial charge in [-0.2, -0.15) is 0 Å². The normalized spacial score (nSPS) is 10.9. The van der Waals surface area contributed by atoms with Crippen molar-refractivity contribution >= 4 is 45.9 Å². The lowest BCUT2D eigenvalue weighted by Gasteiger charge is -2.11. The van der Waals surface area contributed by atoms with E-state index in [2.05, 4.69) is 10.3 Å². The Kier molecular flexibility index (Phi) is 5.18. The second-order valence-electron chi connectivity index (χ2n) is 6.46. The van der Waals surface area contributed by atoms with Crippen LogP contribution in [0.3, 0.4) is 0 Å². The van der Waals surface area contributed by atoms with Gasteiger partial charge in [-0.3, -0.25) is 4.79 Å². The number of halogens is 2. The molecule has 0 saturated heterocycles. The van der Waals surface area contributed by atoms with Crippen LogP contribution >= 0.6 is 23.2 Å². The number of aryl methyl sites for hydroxylation is 1. The van der Waals surface area contributed by atoms with Gasteiger partial charge in [-0.15, -0.1) is 0 Å². The van der Waals surface area contributed by atoms with Crippen LogP contribution in [0, 0.1) is 6.92 Å². The first kappa shape index (κ1) is 19.3. The highest BCUT2D eigenvalue weighted by molar-refractivity contribution is 6.37. The maximum absolute atomic E-state index is 12.7. The van der Waals surface area contributed by atoms with E-state index in [1.165, 1.54) is 6.07 Å². The summed E-state index contributed by atoms with van der Waals surface area (Å²) in [5.41, 5.74) is 3.96. The van der Waals surface area contributed by atoms with E-state index in [9.17, 15) is 4.79 Å². The summed E-state index contributed by atoms with van der Waals surface area (Å²) in [7, 11) is 1.60. The van der Waals surface area contributed by atoms with Gasteiger partial charge in [0.05, 0.1) is 17.7 Å². The third-order valence-corrected chi connectivity index (χ3v) is 5.05. The Balaban J connectivity index is 1.66. The summed E-state index contributed by atoms with van der Waals surface area (Å²) in [5.74, 6) is 0.830. The van der Waals surface area contributed by atoms with Crippen molar-refractivity contribution in [2.75, 3.05) is 12.4 Å². The first-order valence-corrected chi connectivity index (χ1v) is 9.52. The number of hydrogen-bond donors (Lipinski definition) is 1. The third-order valence-electron chi connectivity index (χ3n) is 4.50. The number of carbonyl (C=O) groups is 1. The van der Waals surface area contributed by atoms with Crippen LogP contribution < -0.4 is 10.1 Å². The molecule has 0 radical (unpaired) electrons. The number of nitrogens with zero attached hydrogens (tertiary/aromatic N) is 1. The average molecular weight is 427 g/mol. The predicted molar refractivity (Wildman–Crippen MR) is 115 cm³/mol. The molecule has 0 spiro atoms. The van der Waals surface area contributed by atoms with Crippen LogP contribution in [0.5, 0.6) is 5.75 Å². The van der Waals surface area contributed by atoms with Gasteiger partial charge in [0.2, 0.25) is 5.89 Å². The molecule has 0 fully saturated rings. The van der Waals surface area contributed by atoms with Crippen LogP contribution in [0.1, 0.15) is 15.9 Å². The topological polar surface area (TPSA) is 64.4 Å². The molecule has 4 aromatic rings. The number of rotatable bonds is 4. The summed E-state index contributed by atoms with van der Waals surface area (Å²) in [4.78, 5) is 17.2. The van der Waals surface area contributed by atoms with Gasteiger partial charge in [0.15, 0.2) is 5.58 Å². The molecule has 1 N–H and O–H groups in total. The summed E-state index contributed by atoms with van der Waals surface area (Å²) in [5, 5.41) is 3.65. The largest absolute Gasteiger partial charge is 0.497 e. The fourth-order valence-electron chi connectivity index (χ4n) is 2.91. The van der Waals surface area contributed by atoms with E-state index >= 15 is 0 Å². The maximum Gasteiger partial charge on any atom is 0.257 e. The molecule has 1 heterocycles. The van der Waals surface area contributed by atoms with Crippen molar-refractivity contribution in [1.82, 2.24) is 4.98 Å². The Morgan fingerprint density at radius 3 is 2.66 bits per heavy atom. The van der Waals surface area contributed by atoms with Gasteiger partial charge in [-0.05, 0) is 55.0 Å². The number of carbonyl (C=O) groups excluding carboxylic acids is 1. The highest BCUT2D eigenvalue weighted by Gasteiger charge is 2.15. The van der Waals surface area contributed by atoms with Crippen LogP contribution in [0.4, 0.5) is 5.69 Å². The molecule has 0 saturated carbocycles. The Morgan fingerprint density at radius 2 is 1.90 bits per heavy atom. The highest BCUT2D eigenvalue weighted by Crippen LogP contribution is 2.30. The number of hydrogen-bond acceptors (Lipinski definition) is 4. The first-order valence-electron chi connectivity index (χ1n) is 8.76. The smallest absolute Gasteiger partial charge is 0.257 e. The molecule has 7 heteroatoms. The van der Waals surface area contributed by atoms with Crippen molar-refractivity contribution in [3.05, 3.63) is 75.8 Å². The molecule has 5 nitrogen and oxygen atoms in total. The van der Waals surface area contributed by atoms with Gasteiger partial charge in [0.1, 0.15) is 11.3 Å². The van der Waals surface area contributed by atoms with Gasteiger partial charge < -0.3 is 14.5 Å². The van der Waals surface area contributed by atoms with Crippen molar-refractivity contribution in [1.29, 1.82) is 0 Å². The molecule has 0 aliphatic carbocycles. The molecule has 146 valence electrons. The lowest BCUT2D eigenvalue weighted by molar-refractivity contribution is 0.102. The first-order chi connectivity index (χ1) is 13.9. The monoisotopic (exact) mass is 426 g/mol. The molecule has 0 atom stereocenters. The number of nitrogens with one attached hydrogen (secondary N) is 1. The number of oxazole rings is 1. The number of aromatic nitrogens is 1. The summed E-state index contributed by atoms with van der Waals surface area (Å²) in [6.45, 7) is 1.90. The third kappa shape index (κ3) is 3.92. The van der Waals surface area contributed by atoms with Gasteiger partial charge >= 0.3 is 0 Å². The standard InChI is InChI=1S/C22H16Cl2N2O3/c1-12-3-4-13(22-26-19-11-15(28-2)6-8-20(19)29-22)9-18(12)25-21(27)16-7-5-14(23)10-17(16)24/h3-11H,1-2H3,(H,25,27). The van der Waals surface area contributed by atoms with Crippen molar-refractivity contribution < 1.29 is 13.9 Å². The zero-order valence-electron chi connectivity index (χ0n) is 15.6. The van der Waals surface area contributed by atoms with Gasteiger partial charge in [0.25, 0.3) is 5.91 Å². The fourth-order valence-corrected chi connectivity index (χ4v) is 3.40. The Morgan fingerprint density at radius 1 is 1.07 bits per heavy atom. The molecule has 1 amide bonds. The lowest BCUT2D eigenvalue weighted by Crippen LogP contribution is -2.13. The predicted octanol–water partition coefficient (Wildman–Crippen LogP) is 6.37.